The molecule has 0 aromatic carbocycles. The van der Waals surface area contributed by atoms with Gasteiger partial charge in [0, 0.05) is 24.5 Å². The number of hydrogen-bond donors (Lipinski definition) is 0. The van der Waals surface area contributed by atoms with Crippen LogP contribution in [-0.2, 0) is 13.5 Å². The van der Waals surface area contributed by atoms with Gasteiger partial charge in [-0.2, -0.15) is 5.10 Å². The first-order valence-electron chi connectivity index (χ1n) is 4.84. The van der Waals surface area contributed by atoms with Crippen molar-refractivity contribution in [3.63, 3.8) is 0 Å². The quantitative estimate of drug-likeness (QED) is 0.790. The molecule has 16 heavy (non-hydrogen) atoms. The summed E-state index contributed by atoms with van der Waals surface area (Å²) in [5, 5.41) is 4.15. The van der Waals surface area contributed by atoms with E-state index in [1.807, 2.05) is 26.1 Å². The van der Waals surface area contributed by atoms with E-state index in [1.54, 1.807) is 10.9 Å². The van der Waals surface area contributed by atoms with Gasteiger partial charge in [-0.25, -0.2) is 0 Å². The van der Waals surface area contributed by atoms with Crippen LogP contribution < -0.4 is 0 Å². The molecule has 84 valence electrons. The van der Waals surface area contributed by atoms with E-state index in [-0.39, 0.29) is 5.78 Å². The largest absolute Gasteiger partial charge is 0.294 e. The fraction of sp³-hybridized carbons (Fsp3) is 0.273. The average molecular weight is 255 g/mol. The number of carbonyl (C=O) groups excluding carboxylic acids is 1. The third kappa shape index (κ3) is 2.33. The van der Waals surface area contributed by atoms with Gasteiger partial charge in [-0.3, -0.25) is 9.48 Å². The Kier molecular flexibility index (Phi) is 3.12. The summed E-state index contributed by atoms with van der Waals surface area (Å²) in [5.74, 6) is 0.0871. The molecule has 0 atom stereocenters. The minimum Gasteiger partial charge on any atom is -0.294 e. The zero-order valence-corrected chi connectivity index (χ0v) is 10.6. The molecule has 0 aliphatic carbocycles. The second kappa shape index (κ2) is 4.39. The number of aryl methyl sites for hydroxylation is 2. The van der Waals surface area contributed by atoms with E-state index in [1.165, 1.54) is 11.3 Å². The zero-order valence-electron chi connectivity index (χ0n) is 9.03. The summed E-state index contributed by atoms with van der Waals surface area (Å²) in [6, 6.07) is 3.70. The molecule has 2 aromatic rings. The Morgan fingerprint density at radius 1 is 1.56 bits per heavy atom. The number of aromatic nitrogens is 2. The Morgan fingerprint density at radius 2 is 2.31 bits per heavy atom. The number of Topliss-reactive ketones (excluding diaryl/α,β-unsaturated/α-hetero) is 1. The van der Waals surface area contributed by atoms with Crippen LogP contribution in [0.25, 0.3) is 0 Å². The molecular weight excluding hydrogens is 244 g/mol. The summed E-state index contributed by atoms with van der Waals surface area (Å²) >= 11 is 7.26. The van der Waals surface area contributed by atoms with E-state index < -0.39 is 0 Å². The lowest BCUT2D eigenvalue weighted by atomic mass is 10.1. The lowest BCUT2D eigenvalue weighted by Crippen LogP contribution is -2.02. The van der Waals surface area contributed by atoms with Crippen LogP contribution in [0, 0.1) is 6.92 Å². The van der Waals surface area contributed by atoms with Crippen LogP contribution in [0.1, 0.15) is 20.9 Å². The molecule has 0 unspecified atom stereocenters. The number of carbonyl (C=O) groups is 1. The first kappa shape index (κ1) is 11.4. The summed E-state index contributed by atoms with van der Waals surface area (Å²) in [4.78, 5) is 13.0. The van der Waals surface area contributed by atoms with Crippen LogP contribution in [0.15, 0.2) is 18.3 Å². The summed E-state index contributed by atoms with van der Waals surface area (Å²) in [6.45, 7) is 1.84. The molecule has 0 radical (unpaired) electrons. The van der Waals surface area contributed by atoms with Crippen molar-refractivity contribution >= 4 is 28.7 Å². The molecule has 2 rings (SSSR count). The first-order chi connectivity index (χ1) is 7.56. The zero-order chi connectivity index (χ0) is 11.7. The molecule has 0 saturated carbocycles. The van der Waals surface area contributed by atoms with Crippen molar-refractivity contribution < 1.29 is 4.79 Å². The molecule has 0 aliphatic rings. The van der Waals surface area contributed by atoms with Gasteiger partial charge in [0.2, 0.25) is 0 Å². The van der Waals surface area contributed by atoms with Crippen LogP contribution >= 0.6 is 22.9 Å². The van der Waals surface area contributed by atoms with E-state index in [0.29, 0.717) is 16.3 Å². The van der Waals surface area contributed by atoms with Gasteiger partial charge in [0.15, 0.2) is 5.78 Å². The van der Waals surface area contributed by atoms with Crippen LogP contribution in [0.2, 0.25) is 4.34 Å². The molecule has 0 saturated heterocycles. The van der Waals surface area contributed by atoms with Crippen molar-refractivity contribution in [2.45, 2.75) is 13.3 Å². The predicted molar refractivity (Wildman–Crippen MR) is 65.3 cm³/mol. The Hall–Kier alpha value is -1.13. The normalized spacial score (nSPS) is 10.7. The molecule has 5 heteroatoms. The Morgan fingerprint density at radius 3 is 2.81 bits per heavy atom. The Bertz CT molecular complexity index is 530. The smallest absolute Gasteiger partial charge is 0.171 e. The van der Waals surface area contributed by atoms with E-state index in [0.717, 1.165) is 10.6 Å². The van der Waals surface area contributed by atoms with Crippen molar-refractivity contribution in [1.29, 1.82) is 0 Å². The van der Waals surface area contributed by atoms with E-state index in [2.05, 4.69) is 5.10 Å². The molecule has 0 amide bonds. The molecular formula is C11H11ClN2OS. The first-order valence-corrected chi connectivity index (χ1v) is 6.03. The highest BCUT2D eigenvalue weighted by Gasteiger charge is 2.13. The number of thiophene rings is 1. The summed E-state index contributed by atoms with van der Waals surface area (Å²) in [6.07, 6.45) is 2.15. The van der Waals surface area contributed by atoms with Crippen LogP contribution in [0.3, 0.4) is 0 Å². The average Bonchev–Trinajstić information content (AvgIpc) is 2.73. The molecule has 0 bridgehead atoms. The van der Waals surface area contributed by atoms with Gasteiger partial charge in [0.25, 0.3) is 0 Å². The van der Waals surface area contributed by atoms with E-state index >= 15 is 0 Å². The number of nitrogens with zero attached hydrogens (tertiary/aromatic N) is 2. The third-order valence-electron chi connectivity index (χ3n) is 2.28. The second-order valence-electron chi connectivity index (χ2n) is 3.61. The molecule has 0 N–H and O–H groups in total. The van der Waals surface area contributed by atoms with Gasteiger partial charge in [-0.1, -0.05) is 11.6 Å². The molecule has 0 aliphatic heterocycles. The number of rotatable bonds is 3. The summed E-state index contributed by atoms with van der Waals surface area (Å²) < 4.78 is 2.37. The van der Waals surface area contributed by atoms with Crippen molar-refractivity contribution in [3.05, 3.63) is 38.8 Å². The van der Waals surface area contributed by atoms with Gasteiger partial charge in [0.05, 0.1) is 15.6 Å². The predicted octanol–water partition coefficient (Wildman–Crippen LogP) is 2.87. The van der Waals surface area contributed by atoms with Gasteiger partial charge >= 0.3 is 0 Å². The number of hydrogen-bond acceptors (Lipinski definition) is 3. The molecule has 2 aromatic heterocycles. The highest BCUT2D eigenvalue weighted by molar-refractivity contribution is 7.16. The van der Waals surface area contributed by atoms with E-state index in [4.69, 9.17) is 11.6 Å². The number of halogens is 1. The van der Waals surface area contributed by atoms with Gasteiger partial charge in [-0.15, -0.1) is 11.3 Å². The fourth-order valence-corrected chi connectivity index (χ4v) is 2.66. The van der Waals surface area contributed by atoms with Crippen LogP contribution in [0.5, 0.6) is 0 Å². The highest BCUT2D eigenvalue weighted by Crippen LogP contribution is 2.23. The van der Waals surface area contributed by atoms with Gasteiger partial charge in [0.1, 0.15) is 0 Å². The maximum atomic E-state index is 12.0. The minimum atomic E-state index is 0.0871. The maximum Gasteiger partial charge on any atom is 0.171 e. The van der Waals surface area contributed by atoms with Crippen LogP contribution in [-0.4, -0.2) is 15.6 Å². The molecule has 0 spiro atoms. The topological polar surface area (TPSA) is 34.9 Å². The SMILES string of the molecule is Cc1nn(C)cc1C(=O)Cc1ccc(Cl)s1. The van der Waals surface area contributed by atoms with Crippen molar-refractivity contribution in [2.24, 2.45) is 7.05 Å². The minimum absolute atomic E-state index is 0.0871. The monoisotopic (exact) mass is 254 g/mol. The van der Waals surface area contributed by atoms with E-state index in [9.17, 15) is 4.79 Å². The number of ketones is 1. The summed E-state index contributed by atoms with van der Waals surface area (Å²) in [7, 11) is 1.81. The highest BCUT2D eigenvalue weighted by atomic mass is 35.5. The standard InChI is InChI=1S/C11H11ClN2OS/c1-7-9(6-14(2)13-7)10(15)5-8-3-4-11(12)16-8/h3-4,6H,5H2,1-2H3. The van der Waals surface area contributed by atoms with Crippen molar-refractivity contribution in [1.82, 2.24) is 9.78 Å². The molecule has 0 fully saturated rings. The fourth-order valence-electron chi connectivity index (χ4n) is 1.57. The maximum absolute atomic E-state index is 12.0. The van der Waals surface area contributed by atoms with Crippen LogP contribution in [0.4, 0.5) is 0 Å². The molecule has 2 heterocycles. The van der Waals surface area contributed by atoms with Gasteiger partial charge < -0.3 is 0 Å². The van der Waals surface area contributed by atoms with Gasteiger partial charge in [-0.05, 0) is 19.1 Å². The lowest BCUT2D eigenvalue weighted by molar-refractivity contribution is 0.0993. The third-order valence-corrected chi connectivity index (χ3v) is 3.51. The van der Waals surface area contributed by atoms with Crippen molar-refractivity contribution in [2.75, 3.05) is 0 Å². The Labute approximate surface area is 103 Å². The van der Waals surface area contributed by atoms with Crippen molar-refractivity contribution in [3.8, 4) is 0 Å². The second-order valence-corrected chi connectivity index (χ2v) is 5.41. The lowest BCUT2D eigenvalue weighted by Gasteiger charge is -1.95. The molecule has 3 nitrogen and oxygen atoms in total. The summed E-state index contributed by atoms with van der Waals surface area (Å²) in [5.41, 5.74) is 1.46. The Balaban J connectivity index is 2.17.